The number of piperidine rings is 2. The predicted octanol–water partition coefficient (Wildman–Crippen LogP) is 2.92. The van der Waals surface area contributed by atoms with Gasteiger partial charge >= 0.3 is 0 Å². The number of ether oxygens (including phenoxy) is 1. The lowest BCUT2D eigenvalue weighted by Crippen LogP contribution is -2.47. The van der Waals surface area contributed by atoms with Crippen molar-refractivity contribution in [2.45, 2.75) is 32.1 Å². The van der Waals surface area contributed by atoms with Gasteiger partial charge in [-0.15, -0.1) is 0 Å². The molecule has 1 aromatic rings. The smallest absolute Gasteiger partial charge is 0.255 e. The number of likely N-dealkylation sites (tertiary alicyclic amines) is 1. The Morgan fingerprint density at radius 1 is 1.22 bits per heavy atom. The van der Waals surface area contributed by atoms with E-state index in [0.29, 0.717) is 22.9 Å². The standard InChI is InChI=1S/C20H28ClN3O3/c1-27-14-20(7-9-22-10-8-20)19(26)23-15-5-6-16(17(21)13-15)18(25)24-11-3-2-4-12-24/h5-6,13,22H,2-4,7-12,14H2,1H3,(H,23,26). The van der Waals surface area contributed by atoms with Crippen molar-refractivity contribution in [2.75, 3.05) is 45.2 Å². The van der Waals surface area contributed by atoms with Crippen LogP contribution in [0, 0.1) is 5.41 Å². The Hall–Kier alpha value is -1.63. The topological polar surface area (TPSA) is 70.7 Å². The highest BCUT2D eigenvalue weighted by molar-refractivity contribution is 6.34. The minimum atomic E-state index is -0.533. The molecule has 2 aliphatic heterocycles. The average Bonchev–Trinajstić information content (AvgIpc) is 2.69. The molecule has 0 radical (unpaired) electrons. The number of hydrogen-bond donors (Lipinski definition) is 2. The molecule has 2 amide bonds. The number of rotatable bonds is 5. The van der Waals surface area contributed by atoms with Crippen molar-refractivity contribution in [2.24, 2.45) is 5.41 Å². The van der Waals surface area contributed by atoms with Crippen LogP contribution in [0.4, 0.5) is 5.69 Å². The summed E-state index contributed by atoms with van der Waals surface area (Å²) in [5.74, 6) is -0.0937. The monoisotopic (exact) mass is 393 g/mol. The second-order valence-corrected chi connectivity index (χ2v) is 7.87. The van der Waals surface area contributed by atoms with Gasteiger partial charge in [-0.3, -0.25) is 9.59 Å². The van der Waals surface area contributed by atoms with Crippen molar-refractivity contribution in [1.29, 1.82) is 0 Å². The van der Waals surface area contributed by atoms with Crippen LogP contribution in [0.2, 0.25) is 5.02 Å². The van der Waals surface area contributed by atoms with Crippen molar-refractivity contribution in [3.05, 3.63) is 28.8 Å². The Bertz CT molecular complexity index is 678. The Balaban J connectivity index is 1.71. The summed E-state index contributed by atoms with van der Waals surface area (Å²) in [6.45, 7) is 3.53. The van der Waals surface area contributed by atoms with Gasteiger partial charge in [-0.1, -0.05) is 11.6 Å². The summed E-state index contributed by atoms with van der Waals surface area (Å²) >= 11 is 6.38. The largest absolute Gasteiger partial charge is 0.384 e. The van der Waals surface area contributed by atoms with Crippen LogP contribution in [0.1, 0.15) is 42.5 Å². The van der Waals surface area contributed by atoms with Gasteiger partial charge in [-0.05, 0) is 63.4 Å². The Kier molecular flexibility index (Phi) is 6.73. The van der Waals surface area contributed by atoms with E-state index in [4.69, 9.17) is 16.3 Å². The van der Waals surface area contributed by atoms with E-state index in [0.717, 1.165) is 51.9 Å². The highest BCUT2D eigenvalue weighted by Crippen LogP contribution is 2.32. The average molecular weight is 394 g/mol. The highest BCUT2D eigenvalue weighted by atomic mass is 35.5. The molecular formula is C20H28ClN3O3. The SMILES string of the molecule is COCC1(C(=O)Nc2ccc(C(=O)N3CCCCC3)c(Cl)c2)CCNCC1. The number of carbonyl (C=O) groups excluding carboxylic acids is 2. The zero-order valence-electron chi connectivity index (χ0n) is 15.9. The van der Waals surface area contributed by atoms with Crippen LogP contribution in [-0.4, -0.2) is 56.6 Å². The summed E-state index contributed by atoms with van der Waals surface area (Å²) in [6, 6.07) is 5.13. The van der Waals surface area contributed by atoms with E-state index in [1.165, 1.54) is 6.42 Å². The van der Waals surface area contributed by atoms with E-state index in [1.807, 2.05) is 4.90 Å². The third kappa shape index (κ3) is 4.62. The van der Waals surface area contributed by atoms with Gasteiger partial charge < -0.3 is 20.3 Å². The van der Waals surface area contributed by atoms with Gasteiger partial charge in [0.15, 0.2) is 0 Å². The molecule has 2 heterocycles. The van der Waals surface area contributed by atoms with Crippen molar-refractivity contribution < 1.29 is 14.3 Å². The molecule has 0 aliphatic carbocycles. The van der Waals surface area contributed by atoms with Gasteiger partial charge in [0.25, 0.3) is 5.91 Å². The quantitative estimate of drug-likeness (QED) is 0.806. The zero-order chi connectivity index (χ0) is 19.3. The van der Waals surface area contributed by atoms with E-state index in [2.05, 4.69) is 10.6 Å². The maximum absolute atomic E-state index is 12.9. The number of nitrogens with zero attached hydrogens (tertiary/aromatic N) is 1. The number of carbonyl (C=O) groups is 2. The molecule has 0 spiro atoms. The van der Waals surface area contributed by atoms with Crippen LogP contribution in [0.15, 0.2) is 18.2 Å². The molecule has 0 saturated carbocycles. The normalized spacial score (nSPS) is 19.6. The molecule has 2 saturated heterocycles. The molecule has 2 N–H and O–H groups in total. The molecule has 2 aliphatic rings. The maximum Gasteiger partial charge on any atom is 0.255 e. The van der Waals surface area contributed by atoms with Crippen LogP contribution >= 0.6 is 11.6 Å². The van der Waals surface area contributed by atoms with Crippen molar-refractivity contribution >= 4 is 29.1 Å². The van der Waals surface area contributed by atoms with E-state index >= 15 is 0 Å². The molecule has 0 atom stereocenters. The molecule has 2 fully saturated rings. The van der Waals surface area contributed by atoms with Crippen molar-refractivity contribution in [3.63, 3.8) is 0 Å². The third-order valence-corrected chi connectivity index (χ3v) is 5.88. The second-order valence-electron chi connectivity index (χ2n) is 7.46. The minimum absolute atomic E-state index is 0.0354. The molecular weight excluding hydrogens is 366 g/mol. The Labute approximate surface area is 165 Å². The summed E-state index contributed by atoms with van der Waals surface area (Å²) in [5.41, 5.74) is 0.564. The summed E-state index contributed by atoms with van der Waals surface area (Å²) in [7, 11) is 1.62. The summed E-state index contributed by atoms with van der Waals surface area (Å²) in [5, 5.41) is 6.62. The van der Waals surface area contributed by atoms with Crippen molar-refractivity contribution in [3.8, 4) is 0 Å². The number of amides is 2. The maximum atomic E-state index is 12.9. The number of benzene rings is 1. The Morgan fingerprint density at radius 3 is 2.56 bits per heavy atom. The molecule has 0 unspecified atom stereocenters. The van der Waals surface area contributed by atoms with Crippen LogP contribution < -0.4 is 10.6 Å². The van der Waals surface area contributed by atoms with E-state index in [-0.39, 0.29) is 11.8 Å². The van der Waals surface area contributed by atoms with E-state index in [9.17, 15) is 9.59 Å². The lowest BCUT2D eigenvalue weighted by molar-refractivity contribution is -0.130. The predicted molar refractivity (Wildman–Crippen MR) is 106 cm³/mol. The van der Waals surface area contributed by atoms with Gasteiger partial charge in [0.05, 0.1) is 22.6 Å². The first kappa shape index (κ1) is 20.1. The molecule has 3 rings (SSSR count). The van der Waals surface area contributed by atoms with Crippen LogP contribution in [0.25, 0.3) is 0 Å². The fourth-order valence-corrected chi connectivity index (χ4v) is 4.18. The van der Waals surface area contributed by atoms with Gasteiger partial charge in [-0.25, -0.2) is 0 Å². The first-order chi connectivity index (χ1) is 13.1. The van der Waals surface area contributed by atoms with E-state index < -0.39 is 5.41 Å². The lowest BCUT2D eigenvalue weighted by atomic mass is 9.78. The minimum Gasteiger partial charge on any atom is -0.384 e. The summed E-state index contributed by atoms with van der Waals surface area (Å²) < 4.78 is 5.32. The summed E-state index contributed by atoms with van der Waals surface area (Å²) in [4.78, 5) is 27.4. The third-order valence-electron chi connectivity index (χ3n) is 5.56. The number of nitrogens with one attached hydrogen (secondary N) is 2. The molecule has 7 heteroatoms. The Morgan fingerprint density at radius 2 is 1.93 bits per heavy atom. The van der Waals surface area contributed by atoms with Crippen LogP contribution in [-0.2, 0) is 9.53 Å². The number of methoxy groups -OCH3 is 1. The lowest BCUT2D eigenvalue weighted by Gasteiger charge is -2.35. The number of halogens is 1. The van der Waals surface area contributed by atoms with Gasteiger partial charge in [0.2, 0.25) is 5.91 Å². The molecule has 148 valence electrons. The van der Waals surface area contributed by atoms with Gasteiger partial charge in [-0.2, -0.15) is 0 Å². The van der Waals surface area contributed by atoms with Gasteiger partial charge in [0.1, 0.15) is 0 Å². The molecule has 0 aromatic heterocycles. The summed E-state index contributed by atoms with van der Waals surface area (Å²) in [6.07, 6.45) is 4.70. The van der Waals surface area contributed by atoms with Crippen LogP contribution in [0.5, 0.6) is 0 Å². The first-order valence-electron chi connectivity index (χ1n) is 9.66. The van der Waals surface area contributed by atoms with Gasteiger partial charge in [0, 0.05) is 25.9 Å². The van der Waals surface area contributed by atoms with E-state index in [1.54, 1.807) is 25.3 Å². The number of hydrogen-bond acceptors (Lipinski definition) is 4. The number of anilines is 1. The highest BCUT2D eigenvalue weighted by Gasteiger charge is 2.39. The fourth-order valence-electron chi connectivity index (χ4n) is 3.92. The molecule has 0 bridgehead atoms. The zero-order valence-corrected chi connectivity index (χ0v) is 16.6. The van der Waals surface area contributed by atoms with Crippen molar-refractivity contribution in [1.82, 2.24) is 10.2 Å². The second kappa shape index (κ2) is 9.04. The molecule has 1 aromatic carbocycles. The fraction of sp³-hybridized carbons (Fsp3) is 0.600. The molecule has 6 nitrogen and oxygen atoms in total. The molecule has 27 heavy (non-hydrogen) atoms. The first-order valence-corrected chi connectivity index (χ1v) is 10.0. The van der Waals surface area contributed by atoms with Crippen LogP contribution in [0.3, 0.4) is 0 Å².